The van der Waals surface area contributed by atoms with Crippen molar-refractivity contribution in [3.63, 3.8) is 0 Å². The summed E-state index contributed by atoms with van der Waals surface area (Å²) in [5.41, 5.74) is 0. The highest BCUT2D eigenvalue weighted by Crippen LogP contribution is 2.61. The second-order valence-corrected chi connectivity index (χ2v) is 6.28. The topological polar surface area (TPSA) is 0 Å². The van der Waals surface area contributed by atoms with Gasteiger partial charge in [-0.05, 0) is 37.0 Å². The van der Waals surface area contributed by atoms with Crippen LogP contribution >= 0.6 is 0 Å². The average Bonchev–Trinajstić information content (AvgIpc) is 2.78. The molecule has 0 N–H and O–H groups in total. The van der Waals surface area contributed by atoms with Gasteiger partial charge in [-0.3, -0.25) is 0 Å². The monoisotopic (exact) mass is 215 g/mol. The zero-order valence-corrected chi connectivity index (χ0v) is 11.0. The molecule has 3 aliphatic rings. The van der Waals surface area contributed by atoms with E-state index in [1.807, 2.05) is 0 Å². The van der Waals surface area contributed by atoms with Gasteiger partial charge in [0.15, 0.2) is 0 Å². The van der Waals surface area contributed by atoms with Crippen LogP contribution in [0.2, 0.25) is 11.5 Å². The number of hydrogen-bond donors (Lipinski definition) is 0. The van der Waals surface area contributed by atoms with Crippen molar-refractivity contribution in [3.05, 3.63) is 0 Å². The Kier molecular flexibility index (Phi) is 4.08. The van der Waals surface area contributed by atoms with E-state index in [9.17, 15) is 0 Å². The highest BCUT2D eigenvalue weighted by Gasteiger charge is 2.52. The molecule has 0 spiro atoms. The first kappa shape index (κ1) is 12.6. The quantitative estimate of drug-likeness (QED) is 0.444. The second kappa shape index (κ2) is 5.19. The molecule has 16 heavy (non-hydrogen) atoms. The van der Waals surface area contributed by atoms with Crippen molar-refractivity contribution in [1.29, 1.82) is 0 Å². The lowest BCUT2D eigenvalue weighted by molar-refractivity contribution is 0.137. The molecule has 87 valence electrons. The summed E-state index contributed by atoms with van der Waals surface area (Å²) in [5, 5.41) is 0.0241. The summed E-state index contributed by atoms with van der Waals surface area (Å²) in [4.78, 5) is 0. The number of hydrogen-bond acceptors (Lipinski definition) is 0. The summed E-state index contributed by atoms with van der Waals surface area (Å²) in [7, 11) is 8.93. The van der Waals surface area contributed by atoms with E-state index in [0.717, 1.165) is 17.8 Å². The minimum atomic E-state index is 0.0241. The van der Waals surface area contributed by atoms with Gasteiger partial charge in [0.05, 0.1) is 7.85 Å². The summed E-state index contributed by atoms with van der Waals surface area (Å²) < 4.78 is 0. The molecule has 0 aromatic heterocycles. The van der Waals surface area contributed by atoms with Crippen molar-refractivity contribution in [1.82, 2.24) is 0 Å². The van der Waals surface area contributed by atoms with Crippen LogP contribution in [-0.2, 0) is 0 Å². The molecular weight excluding hydrogens is 190 g/mol. The van der Waals surface area contributed by atoms with Gasteiger partial charge in [-0.15, -0.1) is 0 Å². The molecule has 3 atom stereocenters. The van der Waals surface area contributed by atoms with Crippen LogP contribution in [0.4, 0.5) is 0 Å². The standard InChI is InChI=1S/C14H25B2/c1-3-4-5-6-9-16-14(2,15)13-11-7-8-12(13)10-11/h11-13H,3-10H2,1-2H3. The molecule has 2 bridgehead atoms. The van der Waals surface area contributed by atoms with Gasteiger partial charge in [0.25, 0.3) is 0 Å². The highest BCUT2D eigenvalue weighted by molar-refractivity contribution is 6.53. The molecule has 0 aromatic rings. The fraction of sp³-hybridized carbons (Fsp3) is 1.00. The molecule has 0 nitrogen and oxygen atoms in total. The number of unbranched alkanes of at least 4 members (excludes halogenated alkanes) is 3. The van der Waals surface area contributed by atoms with Crippen LogP contribution in [0, 0.1) is 17.8 Å². The van der Waals surface area contributed by atoms with Crippen LogP contribution in [0.1, 0.15) is 58.8 Å². The summed E-state index contributed by atoms with van der Waals surface area (Å²) in [6.07, 6.45) is 11.0. The first-order chi connectivity index (χ1) is 7.65. The first-order valence-corrected chi connectivity index (χ1v) is 7.28. The van der Waals surface area contributed by atoms with Crippen LogP contribution in [0.3, 0.4) is 0 Å². The Hall–Kier alpha value is 0.130. The Bertz CT molecular complexity index is 211. The third-order valence-electron chi connectivity index (χ3n) is 4.89. The predicted octanol–water partition coefficient (Wildman–Crippen LogP) is 4.04. The molecule has 3 aliphatic carbocycles. The second-order valence-electron chi connectivity index (χ2n) is 6.28. The van der Waals surface area contributed by atoms with Crippen molar-refractivity contribution in [2.24, 2.45) is 17.8 Å². The minimum absolute atomic E-state index is 0.0241. The van der Waals surface area contributed by atoms with Gasteiger partial charge in [-0.25, -0.2) is 0 Å². The Morgan fingerprint density at radius 2 is 1.88 bits per heavy atom. The zero-order chi connectivity index (χ0) is 11.6. The molecule has 0 aromatic carbocycles. The molecular formula is C14H25B2. The zero-order valence-electron chi connectivity index (χ0n) is 11.0. The Morgan fingerprint density at radius 1 is 1.19 bits per heavy atom. The lowest BCUT2D eigenvalue weighted by atomic mass is 9.33. The molecule has 2 heteroatoms. The normalized spacial score (nSPS) is 35.5. The van der Waals surface area contributed by atoms with Gasteiger partial charge in [-0.1, -0.05) is 51.1 Å². The van der Waals surface area contributed by atoms with Gasteiger partial charge in [0.1, 0.15) is 7.28 Å². The molecule has 0 heterocycles. The predicted molar refractivity (Wildman–Crippen MR) is 73.1 cm³/mol. The minimum Gasteiger partial charge on any atom is -0.0905 e. The van der Waals surface area contributed by atoms with Crippen LogP contribution in [0.25, 0.3) is 0 Å². The van der Waals surface area contributed by atoms with Gasteiger partial charge in [-0.2, -0.15) is 0 Å². The third kappa shape index (κ3) is 2.51. The Morgan fingerprint density at radius 3 is 2.44 bits per heavy atom. The molecule has 3 saturated carbocycles. The molecule has 0 saturated heterocycles. The lowest BCUT2D eigenvalue weighted by Crippen LogP contribution is -2.40. The molecule has 0 aliphatic heterocycles. The maximum atomic E-state index is 6.50. The van der Waals surface area contributed by atoms with Gasteiger partial charge >= 0.3 is 0 Å². The van der Waals surface area contributed by atoms with Gasteiger partial charge in [0, 0.05) is 0 Å². The van der Waals surface area contributed by atoms with Crippen molar-refractivity contribution in [2.75, 3.05) is 0 Å². The van der Waals surface area contributed by atoms with Crippen LogP contribution in [-0.4, -0.2) is 15.1 Å². The number of rotatable bonds is 7. The van der Waals surface area contributed by atoms with Crippen LogP contribution < -0.4 is 0 Å². The van der Waals surface area contributed by atoms with Gasteiger partial charge < -0.3 is 0 Å². The van der Waals surface area contributed by atoms with E-state index in [2.05, 4.69) is 21.1 Å². The summed E-state index contributed by atoms with van der Waals surface area (Å²) in [5.74, 6) is 2.75. The fourth-order valence-electron chi connectivity index (χ4n) is 4.03. The maximum absolute atomic E-state index is 6.50. The van der Waals surface area contributed by atoms with E-state index < -0.39 is 0 Å². The molecule has 3 fully saturated rings. The maximum Gasteiger partial charge on any atom is 0.106 e. The van der Waals surface area contributed by atoms with E-state index in [1.54, 1.807) is 0 Å². The summed E-state index contributed by atoms with van der Waals surface area (Å²) in [6.45, 7) is 4.53. The Balaban J connectivity index is 1.67. The average molecular weight is 215 g/mol. The van der Waals surface area contributed by atoms with Crippen molar-refractivity contribution in [2.45, 2.75) is 70.3 Å². The molecule has 0 amide bonds. The Labute approximate surface area is 104 Å². The third-order valence-corrected chi connectivity index (χ3v) is 4.89. The van der Waals surface area contributed by atoms with Crippen LogP contribution in [0.15, 0.2) is 0 Å². The molecule has 3 unspecified atom stereocenters. The number of fused-ring (bicyclic) bond motifs is 1. The van der Waals surface area contributed by atoms with E-state index in [0.29, 0.717) is 0 Å². The van der Waals surface area contributed by atoms with Crippen LogP contribution in [0.5, 0.6) is 0 Å². The SMILES string of the molecule is [B]C(C)([B]CCCCCC)C1C2CCC1C2. The van der Waals surface area contributed by atoms with E-state index in [-0.39, 0.29) is 5.21 Å². The largest absolute Gasteiger partial charge is 0.106 e. The van der Waals surface area contributed by atoms with E-state index >= 15 is 0 Å². The lowest BCUT2D eigenvalue weighted by Gasteiger charge is -2.48. The van der Waals surface area contributed by atoms with E-state index in [4.69, 9.17) is 7.85 Å². The summed E-state index contributed by atoms with van der Waals surface area (Å²) in [6, 6.07) is 0. The fourth-order valence-corrected chi connectivity index (χ4v) is 4.03. The smallest absolute Gasteiger partial charge is 0.0905 e. The van der Waals surface area contributed by atoms with Gasteiger partial charge in [0.2, 0.25) is 0 Å². The summed E-state index contributed by atoms with van der Waals surface area (Å²) >= 11 is 0. The van der Waals surface area contributed by atoms with Crippen molar-refractivity contribution >= 4 is 15.1 Å². The van der Waals surface area contributed by atoms with Crippen molar-refractivity contribution < 1.29 is 0 Å². The van der Waals surface area contributed by atoms with Crippen molar-refractivity contribution in [3.8, 4) is 0 Å². The molecule has 3 rings (SSSR count). The highest BCUT2D eigenvalue weighted by atomic mass is 14.5. The first-order valence-electron chi connectivity index (χ1n) is 7.28. The van der Waals surface area contributed by atoms with E-state index in [1.165, 1.54) is 51.3 Å². The molecule has 3 radical (unpaired) electrons.